The molecular formula is C24H18N2O8S. The fraction of sp³-hybridized carbons (Fsp3) is 0.0833. The number of nitrogens with one attached hydrogen (secondary N) is 1. The Balaban J connectivity index is 1.47. The normalized spacial score (nSPS) is 12.4. The second kappa shape index (κ2) is 9.12. The highest BCUT2D eigenvalue weighted by atomic mass is 32.2. The van der Waals surface area contributed by atoms with Gasteiger partial charge < -0.3 is 14.8 Å². The van der Waals surface area contributed by atoms with Crippen LogP contribution in [0.5, 0.6) is 5.75 Å². The van der Waals surface area contributed by atoms with E-state index in [0.29, 0.717) is 5.56 Å². The number of sulfonamides is 1. The summed E-state index contributed by atoms with van der Waals surface area (Å²) >= 11 is 0. The maximum atomic E-state index is 12.8. The van der Waals surface area contributed by atoms with Crippen LogP contribution >= 0.6 is 0 Å². The molecule has 0 bridgehead atoms. The van der Waals surface area contributed by atoms with E-state index >= 15 is 0 Å². The molecule has 1 aliphatic rings. The molecule has 0 aliphatic heterocycles. The predicted molar refractivity (Wildman–Crippen MR) is 123 cm³/mol. The Hall–Kier alpha value is -4.35. The van der Waals surface area contributed by atoms with E-state index in [1.165, 1.54) is 31.4 Å². The zero-order valence-corrected chi connectivity index (χ0v) is 19.0. The molecule has 0 fully saturated rings. The summed E-state index contributed by atoms with van der Waals surface area (Å²) in [5, 5.41) is 7.58. The maximum absolute atomic E-state index is 12.8. The summed E-state index contributed by atoms with van der Waals surface area (Å²) in [6, 6.07) is 14.1. The zero-order valence-electron chi connectivity index (χ0n) is 18.2. The third kappa shape index (κ3) is 4.67. The average molecular weight is 494 g/mol. The number of anilines is 1. The number of fused-ring (bicyclic) bond motifs is 2. The van der Waals surface area contributed by atoms with Crippen LogP contribution in [-0.4, -0.2) is 45.6 Å². The van der Waals surface area contributed by atoms with Crippen LogP contribution in [0.3, 0.4) is 0 Å². The maximum Gasteiger partial charge on any atom is 0.342 e. The van der Waals surface area contributed by atoms with E-state index in [0.717, 1.165) is 12.1 Å². The van der Waals surface area contributed by atoms with Crippen molar-refractivity contribution in [3.63, 3.8) is 0 Å². The molecule has 4 rings (SSSR count). The van der Waals surface area contributed by atoms with Gasteiger partial charge in [0.1, 0.15) is 11.3 Å². The lowest BCUT2D eigenvalue weighted by molar-refractivity contribution is -0.119. The highest BCUT2D eigenvalue weighted by Crippen LogP contribution is 2.29. The molecule has 0 spiro atoms. The number of methoxy groups -OCH3 is 1. The molecule has 0 saturated carbocycles. The van der Waals surface area contributed by atoms with Crippen LogP contribution in [0.15, 0.2) is 65.6 Å². The number of hydrogen-bond acceptors (Lipinski definition) is 8. The minimum Gasteiger partial charge on any atom is -0.496 e. The van der Waals surface area contributed by atoms with Gasteiger partial charge in [0.05, 0.1) is 12.0 Å². The minimum atomic E-state index is -4.08. The van der Waals surface area contributed by atoms with Crippen molar-refractivity contribution in [3.8, 4) is 5.75 Å². The Kier molecular flexibility index (Phi) is 6.20. The Morgan fingerprint density at radius 3 is 2.14 bits per heavy atom. The first-order valence-corrected chi connectivity index (χ1v) is 11.6. The Morgan fingerprint density at radius 1 is 0.886 bits per heavy atom. The first kappa shape index (κ1) is 23.8. The molecular weight excluding hydrogens is 476 g/mol. The molecule has 0 saturated heterocycles. The average Bonchev–Trinajstić information content (AvgIpc) is 2.84. The van der Waals surface area contributed by atoms with E-state index < -0.39 is 28.5 Å². The zero-order chi connectivity index (χ0) is 25.3. The number of primary sulfonamides is 1. The molecule has 0 heterocycles. The van der Waals surface area contributed by atoms with Gasteiger partial charge in [0.25, 0.3) is 5.91 Å². The molecule has 0 unspecified atom stereocenters. The highest BCUT2D eigenvalue weighted by Gasteiger charge is 2.29. The van der Waals surface area contributed by atoms with Gasteiger partial charge in [0.2, 0.25) is 10.0 Å². The molecule has 1 amide bonds. The van der Waals surface area contributed by atoms with Crippen molar-refractivity contribution in [2.24, 2.45) is 5.14 Å². The smallest absolute Gasteiger partial charge is 0.342 e. The SMILES string of the molecule is COc1ccc(S(N)(=O)=O)cc1C(=O)OCC(=O)Nc1ccc2c(c1)C(=O)c1ccccc1C2=O. The molecule has 1 aliphatic carbocycles. The Bertz CT molecular complexity index is 1510. The van der Waals surface area contributed by atoms with E-state index in [9.17, 15) is 27.6 Å². The third-order valence-electron chi connectivity index (χ3n) is 5.26. The van der Waals surface area contributed by atoms with Gasteiger partial charge >= 0.3 is 5.97 Å². The summed E-state index contributed by atoms with van der Waals surface area (Å²) in [7, 11) is -2.81. The van der Waals surface area contributed by atoms with Crippen LogP contribution in [0.25, 0.3) is 0 Å². The van der Waals surface area contributed by atoms with E-state index in [-0.39, 0.29) is 50.2 Å². The first-order valence-electron chi connectivity index (χ1n) is 10.1. The van der Waals surface area contributed by atoms with Crippen molar-refractivity contribution in [2.75, 3.05) is 19.0 Å². The van der Waals surface area contributed by atoms with E-state index in [1.54, 1.807) is 24.3 Å². The van der Waals surface area contributed by atoms with Crippen molar-refractivity contribution < 1.29 is 37.1 Å². The van der Waals surface area contributed by atoms with E-state index in [1.807, 2.05) is 0 Å². The van der Waals surface area contributed by atoms with Crippen molar-refractivity contribution >= 4 is 39.2 Å². The standard InChI is InChI=1S/C24H18N2O8S/c1-33-20-9-7-14(35(25,31)32)11-19(20)24(30)34-12-21(27)26-13-6-8-17-18(10-13)23(29)16-5-3-2-4-15(16)22(17)28/h2-11H,12H2,1H3,(H,26,27)(H2,25,31,32). The van der Waals surface area contributed by atoms with Gasteiger partial charge in [-0.3, -0.25) is 14.4 Å². The molecule has 35 heavy (non-hydrogen) atoms. The van der Waals surface area contributed by atoms with Crippen molar-refractivity contribution in [1.82, 2.24) is 0 Å². The van der Waals surface area contributed by atoms with Gasteiger partial charge in [-0.25, -0.2) is 18.4 Å². The van der Waals surface area contributed by atoms with E-state index in [2.05, 4.69) is 5.32 Å². The number of esters is 1. The molecule has 0 atom stereocenters. The van der Waals surface area contributed by atoms with Crippen LogP contribution in [0.2, 0.25) is 0 Å². The molecule has 11 heteroatoms. The van der Waals surface area contributed by atoms with Crippen LogP contribution in [-0.2, 0) is 19.6 Å². The van der Waals surface area contributed by atoms with Crippen LogP contribution in [0, 0.1) is 0 Å². The largest absolute Gasteiger partial charge is 0.496 e. The Labute approximate surface area is 199 Å². The monoisotopic (exact) mass is 494 g/mol. The van der Waals surface area contributed by atoms with Crippen molar-refractivity contribution in [2.45, 2.75) is 4.90 Å². The lowest BCUT2D eigenvalue weighted by atomic mass is 9.84. The molecule has 3 aromatic carbocycles. The summed E-state index contributed by atoms with van der Waals surface area (Å²) in [5.41, 5.74) is 0.948. The quantitative estimate of drug-likeness (QED) is 0.385. The topological polar surface area (TPSA) is 159 Å². The van der Waals surface area contributed by atoms with Gasteiger partial charge in [-0.15, -0.1) is 0 Å². The Morgan fingerprint density at radius 2 is 1.51 bits per heavy atom. The van der Waals surface area contributed by atoms with Crippen molar-refractivity contribution in [1.29, 1.82) is 0 Å². The van der Waals surface area contributed by atoms with Crippen molar-refractivity contribution in [3.05, 3.63) is 88.5 Å². The minimum absolute atomic E-state index is 0.0287. The van der Waals surface area contributed by atoms with Gasteiger partial charge in [-0.05, 0) is 36.4 Å². The fourth-order valence-electron chi connectivity index (χ4n) is 3.61. The lowest BCUT2D eigenvalue weighted by Crippen LogP contribution is -2.23. The number of nitrogens with two attached hydrogens (primary N) is 1. The summed E-state index contributed by atoms with van der Waals surface area (Å²) < 4.78 is 33.2. The number of carbonyl (C=O) groups excluding carboxylic acids is 4. The van der Waals surface area contributed by atoms with Gasteiger partial charge in [0, 0.05) is 27.9 Å². The second-order valence-electron chi connectivity index (χ2n) is 7.50. The summed E-state index contributed by atoms with van der Waals surface area (Å²) in [5.74, 6) is -2.35. The number of hydrogen-bond donors (Lipinski definition) is 2. The number of rotatable bonds is 6. The molecule has 0 radical (unpaired) electrons. The first-order chi connectivity index (χ1) is 16.6. The molecule has 10 nitrogen and oxygen atoms in total. The molecule has 3 aromatic rings. The predicted octanol–water partition coefficient (Wildman–Crippen LogP) is 1.91. The summed E-state index contributed by atoms with van der Waals surface area (Å²) in [6.07, 6.45) is 0. The van der Waals surface area contributed by atoms with Gasteiger partial charge in [-0.2, -0.15) is 0 Å². The number of ketones is 2. The van der Waals surface area contributed by atoms with Gasteiger partial charge in [-0.1, -0.05) is 24.3 Å². The fourth-order valence-corrected chi connectivity index (χ4v) is 4.15. The van der Waals surface area contributed by atoms with Crippen LogP contribution < -0.4 is 15.2 Å². The number of amides is 1. The lowest BCUT2D eigenvalue weighted by Gasteiger charge is -2.18. The highest BCUT2D eigenvalue weighted by molar-refractivity contribution is 7.89. The number of carbonyl (C=O) groups is 4. The number of ether oxygens (including phenoxy) is 2. The third-order valence-corrected chi connectivity index (χ3v) is 6.17. The van der Waals surface area contributed by atoms with Crippen LogP contribution in [0.4, 0.5) is 5.69 Å². The molecule has 178 valence electrons. The molecule has 0 aromatic heterocycles. The van der Waals surface area contributed by atoms with Gasteiger partial charge in [0.15, 0.2) is 18.2 Å². The second-order valence-corrected chi connectivity index (χ2v) is 9.06. The van der Waals surface area contributed by atoms with Crippen LogP contribution in [0.1, 0.15) is 42.2 Å². The number of benzene rings is 3. The van der Waals surface area contributed by atoms with E-state index in [4.69, 9.17) is 14.6 Å². The molecule has 3 N–H and O–H groups in total. The summed E-state index contributed by atoms with van der Waals surface area (Å²) in [6.45, 7) is -0.714. The summed E-state index contributed by atoms with van der Waals surface area (Å²) in [4.78, 5) is 50.0.